The third-order valence-electron chi connectivity index (χ3n) is 4.34. The molecule has 0 aromatic heterocycles. The van der Waals surface area contributed by atoms with Crippen LogP contribution in [0, 0.1) is 12.8 Å². The van der Waals surface area contributed by atoms with Gasteiger partial charge >= 0.3 is 0 Å². The Hall–Kier alpha value is -0.540. The minimum absolute atomic E-state index is 0.603. The standard InChI is InChI=1S/C16H25BrN2/c1-4-12(2)15-11-19(10-6-9-18-15)16-8-5-7-14(17)13(16)3/h5,7-8,12,15,18H,4,6,9-11H2,1-3H3. The van der Waals surface area contributed by atoms with E-state index in [0.717, 1.165) is 25.6 Å². The SMILES string of the molecule is CCC(C)C1CN(c2cccc(Br)c2C)CCCN1. The third-order valence-corrected chi connectivity index (χ3v) is 5.20. The van der Waals surface area contributed by atoms with Crippen molar-refractivity contribution in [2.45, 2.75) is 39.7 Å². The second-order valence-electron chi connectivity index (χ2n) is 5.63. The molecule has 0 aliphatic carbocycles. The van der Waals surface area contributed by atoms with Crippen LogP contribution in [0.2, 0.25) is 0 Å². The van der Waals surface area contributed by atoms with E-state index in [9.17, 15) is 0 Å². The van der Waals surface area contributed by atoms with Gasteiger partial charge in [-0.3, -0.25) is 0 Å². The van der Waals surface area contributed by atoms with Gasteiger partial charge in [0.1, 0.15) is 0 Å². The fourth-order valence-electron chi connectivity index (χ4n) is 2.77. The molecule has 2 atom stereocenters. The van der Waals surface area contributed by atoms with E-state index >= 15 is 0 Å². The molecule has 1 N–H and O–H groups in total. The molecule has 1 aliphatic rings. The van der Waals surface area contributed by atoms with Crippen LogP contribution in [-0.4, -0.2) is 25.7 Å². The van der Waals surface area contributed by atoms with Gasteiger partial charge in [-0.15, -0.1) is 0 Å². The summed E-state index contributed by atoms with van der Waals surface area (Å²) in [4.78, 5) is 2.55. The smallest absolute Gasteiger partial charge is 0.0407 e. The van der Waals surface area contributed by atoms with Crippen molar-refractivity contribution in [2.24, 2.45) is 5.92 Å². The molecule has 19 heavy (non-hydrogen) atoms. The molecule has 3 heteroatoms. The molecule has 2 unspecified atom stereocenters. The molecular weight excluding hydrogens is 300 g/mol. The summed E-state index contributed by atoms with van der Waals surface area (Å²) >= 11 is 3.65. The van der Waals surface area contributed by atoms with Gasteiger partial charge in [-0.05, 0) is 43.5 Å². The number of nitrogens with zero attached hydrogens (tertiary/aromatic N) is 1. The van der Waals surface area contributed by atoms with Gasteiger partial charge in [0.25, 0.3) is 0 Å². The van der Waals surface area contributed by atoms with Crippen molar-refractivity contribution in [1.29, 1.82) is 0 Å². The molecule has 1 saturated heterocycles. The Morgan fingerprint density at radius 2 is 2.26 bits per heavy atom. The highest BCUT2D eigenvalue weighted by atomic mass is 79.9. The Kier molecular flexibility index (Phi) is 5.28. The Balaban J connectivity index is 2.20. The summed E-state index contributed by atoms with van der Waals surface area (Å²) in [5, 5.41) is 3.71. The van der Waals surface area contributed by atoms with Crippen LogP contribution < -0.4 is 10.2 Å². The average molecular weight is 325 g/mol. The molecule has 106 valence electrons. The van der Waals surface area contributed by atoms with Gasteiger partial charge in [0, 0.05) is 29.3 Å². The molecule has 2 rings (SSSR count). The summed E-state index contributed by atoms with van der Waals surface area (Å²) in [6.45, 7) is 10.2. The van der Waals surface area contributed by atoms with Crippen molar-refractivity contribution in [1.82, 2.24) is 5.32 Å². The van der Waals surface area contributed by atoms with E-state index < -0.39 is 0 Å². The zero-order chi connectivity index (χ0) is 13.8. The number of halogens is 1. The lowest BCUT2D eigenvalue weighted by Crippen LogP contribution is -2.42. The molecule has 1 aromatic rings. The Labute approximate surface area is 125 Å². The highest BCUT2D eigenvalue weighted by molar-refractivity contribution is 9.10. The van der Waals surface area contributed by atoms with Gasteiger partial charge in [0.2, 0.25) is 0 Å². The van der Waals surface area contributed by atoms with Crippen LogP contribution in [0.1, 0.15) is 32.3 Å². The van der Waals surface area contributed by atoms with E-state index in [1.807, 2.05) is 0 Å². The first-order valence-electron chi connectivity index (χ1n) is 7.37. The van der Waals surface area contributed by atoms with E-state index in [1.54, 1.807) is 0 Å². The van der Waals surface area contributed by atoms with Crippen LogP contribution in [0.15, 0.2) is 22.7 Å². The molecule has 1 aromatic carbocycles. The predicted octanol–water partition coefficient (Wildman–Crippen LogP) is 3.97. The topological polar surface area (TPSA) is 15.3 Å². The minimum atomic E-state index is 0.603. The monoisotopic (exact) mass is 324 g/mol. The van der Waals surface area contributed by atoms with Crippen molar-refractivity contribution in [3.63, 3.8) is 0 Å². The van der Waals surface area contributed by atoms with Gasteiger partial charge in [-0.1, -0.05) is 42.3 Å². The van der Waals surface area contributed by atoms with Gasteiger partial charge < -0.3 is 10.2 Å². The molecule has 0 spiro atoms. The maximum Gasteiger partial charge on any atom is 0.0407 e. The van der Waals surface area contributed by atoms with Crippen molar-refractivity contribution >= 4 is 21.6 Å². The zero-order valence-corrected chi connectivity index (χ0v) is 13.8. The Morgan fingerprint density at radius 1 is 1.47 bits per heavy atom. The fourth-order valence-corrected chi connectivity index (χ4v) is 3.13. The van der Waals surface area contributed by atoms with Crippen molar-refractivity contribution in [3.05, 3.63) is 28.2 Å². The predicted molar refractivity (Wildman–Crippen MR) is 87.0 cm³/mol. The lowest BCUT2D eigenvalue weighted by Gasteiger charge is -2.30. The number of rotatable bonds is 3. The van der Waals surface area contributed by atoms with Crippen LogP contribution in [0.25, 0.3) is 0 Å². The molecule has 1 fully saturated rings. The Bertz CT molecular complexity index is 419. The molecule has 1 aliphatic heterocycles. The number of benzene rings is 1. The molecule has 0 amide bonds. The Morgan fingerprint density at radius 3 is 3.00 bits per heavy atom. The summed E-state index contributed by atoms with van der Waals surface area (Å²) in [7, 11) is 0. The highest BCUT2D eigenvalue weighted by Gasteiger charge is 2.22. The average Bonchev–Trinajstić information content (AvgIpc) is 2.67. The van der Waals surface area contributed by atoms with Gasteiger partial charge in [0.05, 0.1) is 0 Å². The number of anilines is 1. The molecule has 0 saturated carbocycles. The van der Waals surface area contributed by atoms with E-state index in [2.05, 4.69) is 65.1 Å². The number of hydrogen-bond donors (Lipinski definition) is 1. The van der Waals surface area contributed by atoms with Gasteiger partial charge in [0.15, 0.2) is 0 Å². The maximum absolute atomic E-state index is 3.71. The third kappa shape index (κ3) is 3.51. The molecule has 1 heterocycles. The second-order valence-corrected chi connectivity index (χ2v) is 6.48. The first-order chi connectivity index (χ1) is 9.13. The molecule has 2 nitrogen and oxygen atoms in total. The quantitative estimate of drug-likeness (QED) is 0.904. The van der Waals surface area contributed by atoms with Gasteiger partial charge in [-0.2, -0.15) is 0 Å². The van der Waals surface area contributed by atoms with Crippen LogP contribution in [-0.2, 0) is 0 Å². The first kappa shape index (κ1) is 14.9. The van der Waals surface area contributed by atoms with Crippen LogP contribution >= 0.6 is 15.9 Å². The number of hydrogen-bond acceptors (Lipinski definition) is 2. The molecule has 0 bridgehead atoms. The maximum atomic E-state index is 3.71. The molecular formula is C16H25BrN2. The van der Waals surface area contributed by atoms with Crippen LogP contribution in [0.5, 0.6) is 0 Å². The van der Waals surface area contributed by atoms with E-state index in [1.165, 1.54) is 28.6 Å². The fraction of sp³-hybridized carbons (Fsp3) is 0.625. The van der Waals surface area contributed by atoms with E-state index in [0.29, 0.717) is 6.04 Å². The summed E-state index contributed by atoms with van der Waals surface area (Å²) in [5.41, 5.74) is 2.73. The first-order valence-corrected chi connectivity index (χ1v) is 8.16. The van der Waals surface area contributed by atoms with E-state index in [4.69, 9.17) is 0 Å². The lowest BCUT2D eigenvalue weighted by atomic mass is 9.98. The summed E-state index contributed by atoms with van der Waals surface area (Å²) < 4.78 is 1.21. The largest absolute Gasteiger partial charge is 0.370 e. The van der Waals surface area contributed by atoms with Crippen LogP contribution in [0.4, 0.5) is 5.69 Å². The second kappa shape index (κ2) is 6.76. The van der Waals surface area contributed by atoms with Crippen molar-refractivity contribution < 1.29 is 0 Å². The lowest BCUT2D eigenvalue weighted by molar-refractivity contribution is 0.384. The minimum Gasteiger partial charge on any atom is -0.370 e. The normalized spacial score (nSPS) is 22.1. The summed E-state index contributed by atoms with van der Waals surface area (Å²) in [5.74, 6) is 0.730. The van der Waals surface area contributed by atoms with Gasteiger partial charge in [-0.25, -0.2) is 0 Å². The van der Waals surface area contributed by atoms with Crippen LogP contribution in [0.3, 0.4) is 0 Å². The number of nitrogens with one attached hydrogen (secondary N) is 1. The summed E-state index contributed by atoms with van der Waals surface area (Å²) in [6.07, 6.45) is 2.46. The zero-order valence-electron chi connectivity index (χ0n) is 12.2. The highest BCUT2D eigenvalue weighted by Crippen LogP contribution is 2.28. The summed E-state index contributed by atoms with van der Waals surface area (Å²) in [6, 6.07) is 7.12. The molecule has 0 radical (unpaired) electrons. The van der Waals surface area contributed by atoms with Crippen molar-refractivity contribution in [3.8, 4) is 0 Å². The van der Waals surface area contributed by atoms with Crippen molar-refractivity contribution in [2.75, 3.05) is 24.5 Å². The van der Waals surface area contributed by atoms with E-state index in [-0.39, 0.29) is 0 Å².